The highest BCUT2D eigenvalue weighted by Gasteiger charge is 2.09. The van der Waals surface area contributed by atoms with Crippen molar-refractivity contribution < 1.29 is 24.2 Å². The number of aromatic hydroxyl groups is 1. The van der Waals surface area contributed by atoms with Gasteiger partial charge in [0.25, 0.3) is 0 Å². The number of esters is 2. The number of rotatable bonds is 11. The van der Waals surface area contributed by atoms with Crippen LogP contribution in [0.25, 0.3) is 0 Å². The Morgan fingerprint density at radius 1 is 1.04 bits per heavy atom. The quantitative estimate of drug-likeness (QED) is 0.365. The van der Waals surface area contributed by atoms with Gasteiger partial charge in [0, 0.05) is 6.08 Å². The Morgan fingerprint density at radius 3 is 2.21 bits per heavy atom. The van der Waals surface area contributed by atoms with Crippen LogP contribution in [0.15, 0.2) is 30.9 Å². The van der Waals surface area contributed by atoms with E-state index in [0.29, 0.717) is 18.8 Å². The topological polar surface area (TPSA) is 72.8 Å². The minimum atomic E-state index is -0.444. The van der Waals surface area contributed by atoms with Gasteiger partial charge in [-0.2, -0.15) is 0 Å². The summed E-state index contributed by atoms with van der Waals surface area (Å²) in [6.07, 6.45) is 6.85. The summed E-state index contributed by atoms with van der Waals surface area (Å²) >= 11 is 5.75. The van der Waals surface area contributed by atoms with Gasteiger partial charge in [0.05, 0.1) is 23.8 Å². The molecule has 0 spiro atoms. The number of halogens is 1. The molecule has 0 amide bonds. The van der Waals surface area contributed by atoms with E-state index in [1.54, 1.807) is 0 Å². The normalized spacial score (nSPS) is 10.2. The summed E-state index contributed by atoms with van der Waals surface area (Å²) in [5.41, 5.74) is 0.326. The lowest BCUT2D eigenvalue weighted by molar-refractivity contribution is -0.137. The molecule has 0 unspecified atom stereocenters. The first-order chi connectivity index (χ1) is 11.5. The number of carbonyl (C=O) groups is 2. The summed E-state index contributed by atoms with van der Waals surface area (Å²) in [5, 5.41) is 9.43. The third-order valence-corrected chi connectivity index (χ3v) is 3.67. The molecular weight excluding hydrogens is 332 g/mol. The summed E-state index contributed by atoms with van der Waals surface area (Å²) in [7, 11) is 0. The van der Waals surface area contributed by atoms with Crippen LogP contribution < -0.4 is 0 Å². The second-order valence-electron chi connectivity index (χ2n) is 5.30. The molecule has 0 heterocycles. The molecule has 24 heavy (non-hydrogen) atoms. The van der Waals surface area contributed by atoms with Crippen molar-refractivity contribution in [3.05, 3.63) is 41.4 Å². The summed E-state index contributed by atoms with van der Waals surface area (Å²) in [6.45, 7) is 4.11. The maximum atomic E-state index is 11.8. The molecule has 0 fully saturated rings. The second kappa shape index (κ2) is 11.5. The van der Waals surface area contributed by atoms with Crippen LogP contribution in [0.4, 0.5) is 0 Å². The molecule has 0 radical (unpaired) electrons. The number of carbonyl (C=O) groups excluding carboxylic acids is 2. The highest BCUT2D eigenvalue weighted by molar-refractivity contribution is 6.32. The summed E-state index contributed by atoms with van der Waals surface area (Å²) < 4.78 is 10.0. The first kappa shape index (κ1) is 20.0. The van der Waals surface area contributed by atoms with E-state index in [9.17, 15) is 14.7 Å². The zero-order chi connectivity index (χ0) is 17.8. The molecule has 1 aromatic rings. The molecule has 1 aromatic carbocycles. The maximum absolute atomic E-state index is 11.8. The van der Waals surface area contributed by atoms with Crippen LogP contribution in [0, 0.1) is 0 Å². The van der Waals surface area contributed by atoms with Crippen molar-refractivity contribution in [3.8, 4) is 5.75 Å². The fourth-order valence-electron chi connectivity index (χ4n) is 2.02. The van der Waals surface area contributed by atoms with Gasteiger partial charge in [-0.3, -0.25) is 0 Å². The Kier molecular flexibility index (Phi) is 9.61. The molecule has 0 saturated carbocycles. The van der Waals surface area contributed by atoms with Crippen molar-refractivity contribution in [2.45, 2.75) is 38.5 Å². The number of benzene rings is 1. The van der Waals surface area contributed by atoms with Gasteiger partial charge in [-0.15, -0.1) is 0 Å². The van der Waals surface area contributed by atoms with E-state index < -0.39 is 5.97 Å². The predicted octanol–water partition coefficient (Wildman–Crippen LogP) is 4.27. The molecule has 0 aliphatic rings. The molecule has 0 bridgehead atoms. The molecular formula is C18H23ClO5. The third-order valence-electron chi connectivity index (χ3n) is 3.37. The van der Waals surface area contributed by atoms with E-state index in [0.717, 1.165) is 44.6 Å². The molecule has 0 aliphatic carbocycles. The molecule has 1 N–H and O–H groups in total. The summed E-state index contributed by atoms with van der Waals surface area (Å²) in [5.74, 6) is -0.889. The zero-order valence-corrected chi connectivity index (χ0v) is 14.4. The Bertz CT molecular complexity index is 556. The van der Waals surface area contributed by atoms with Crippen molar-refractivity contribution in [3.63, 3.8) is 0 Å². The smallest absolute Gasteiger partial charge is 0.338 e. The molecule has 6 heteroatoms. The highest BCUT2D eigenvalue weighted by atomic mass is 35.5. The van der Waals surface area contributed by atoms with E-state index in [1.165, 1.54) is 18.2 Å². The van der Waals surface area contributed by atoms with Crippen molar-refractivity contribution in [2.24, 2.45) is 0 Å². The standard InChI is InChI=1S/C18H23ClO5/c1-2-17(21)23-11-7-5-3-4-6-8-12-24-18(22)14-9-10-16(20)15(19)13-14/h2,9-10,13,20H,1,3-8,11-12H2. The van der Waals surface area contributed by atoms with Gasteiger partial charge in [0.15, 0.2) is 0 Å². The zero-order valence-electron chi connectivity index (χ0n) is 13.6. The lowest BCUT2D eigenvalue weighted by Crippen LogP contribution is -2.06. The monoisotopic (exact) mass is 354 g/mol. The van der Waals surface area contributed by atoms with Crippen LogP contribution >= 0.6 is 11.6 Å². The van der Waals surface area contributed by atoms with Gasteiger partial charge in [-0.05, 0) is 31.0 Å². The van der Waals surface area contributed by atoms with Gasteiger partial charge < -0.3 is 14.6 Å². The van der Waals surface area contributed by atoms with Crippen LogP contribution in [0.1, 0.15) is 48.9 Å². The molecule has 1 rings (SSSR count). The number of ether oxygens (including phenoxy) is 2. The second-order valence-corrected chi connectivity index (χ2v) is 5.70. The Balaban J connectivity index is 2.02. The first-order valence-electron chi connectivity index (χ1n) is 7.99. The van der Waals surface area contributed by atoms with E-state index in [2.05, 4.69) is 6.58 Å². The molecule has 5 nitrogen and oxygen atoms in total. The number of unbranched alkanes of at least 4 members (excludes halogenated alkanes) is 5. The molecule has 0 aromatic heterocycles. The minimum Gasteiger partial charge on any atom is -0.506 e. The molecule has 132 valence electrons. The van der Waals surface area contributed by atoms with Crippen LogP contribution in [0.5, 0.6) is 5.75 Å². The summed E-state index contributed by atoms with van der Waals surface area (Å²) in [4.78, 5) is 22.6. The van der Waals surface area contributed by atoms with Crippen LogP contribution in [-0.4, -0.2) is 30.3 Å². The largest absolute Gasteiger partial charge is 0.506 e. The Hall–Kier alpha value is -2.01. The fourth-order valence-corrected chi connectivity index (χ4v) is 2.21. The van der Waals surface area contributed by atoms with Crippen LogP contribution in [-0.2, 0) is 14.3 Å². The van der Waals surface area contributed by atoms with Gasteiger partial charge >= 0.3 is 11.9 Å². The van der Waals surface area contributed by atoms with Gasteiger partial charge in [-0.25, -0.2) is 9.59 Å². The maximum Gasteiger partial charge on any atom is 0.338 e. The lowest BCUT2D eigenvalue weighted by atomic mass is 10.1. The predicted molar refractivity (Wildman–Crippen MR) is 92.3 cm³/mol. The Labute approximate surface area is 147 Å². The molecule has 0 aliphatic heterocycles. The average Bonchev–Trinajstić information content (AvgIpc) is 2.58. The van der Waals surface area contributed by atoms with Gasteiger partial charge in [0.1, 0.15) is 5.75 Å². The fraction of sp³-hybridized carbons (Fsp3) is 0.444. The van der Waals surface area contributed by atoms with Gasteiger partial charge in [0.2, 0.25) is 0 Å². The van der Waals surface area contributed by atoms with Crippen molar-refractivity contribution in [1.29, 1.82) is 0 Å². The van der Waals surface area contributed by atoms with Gasteiger partial charge in [-0.1, -0.05) is 43.9 Å². The van der Waals surface area contributed by atoms with Crippen molar-refractivity contribution >= 4 is 23.5 Å². The number of phenols is 1. The number of phenolic OH excluding ortho intramolecular Hbond substituents is 1. The van der Waals surface area contributed by atoms with E-state index in [4.69, 9.17) is 21.1 Å². The third kappa shape index (κ3) is 8.02. The van der Waals surface area contributed by atoms with E-state index >= 15 is 0 Å². The summed E-state index contributed by atoms with van der Waals surface area (Å²) in [6, 6.07) is 4.23. The van der Waals surface area contributed by atoms with Crippen LogP contribution in [0.2, 0.25) is 5.02 Å². The van der Waals surface area contributed by atoms with E-state index in [-0.39, 0.29) is 16.7 Å². The van der Waals surface area contributed by atoms with Crippen molar-refractivity contribution in [1.82, 2.24) is 0 Å². The SMILES string of the molecule is C=CC(=O)OCCCCCCCCOC(=O)c1ccc(O)c(Cl)c1. The first-order valence-corrected chi connectivity index (χ1v) is 8.37. The average molecular weight is 355 g/mol. The number of hydrogen-bond acceptors (Lipinski definition) is 5. The van der Waals surface area contributed by atoms with E-state index in [1.807, 2.05) is 0 Å². The van der Waals surface area contributed by atoms with Crippen LogP contribution in [0.3, 0.4) is 0 Å². The lowest BCUT2D eigenvalue weighted by Gasteiger charge is -2.06. The highest BCUT2D eigenvalue weighted by Crippen LogP contribution is 2.23. The Morgan fingerprint density at radius 2 is 1.62 bits per heavy atom. The minimum absolute atomic E-state index is 0.0625. The molecule has 0 saturated heterocycles. The number of hydrogen-bond donors (Lipinski definition) is 1. The van der Waals surface area contributed by atoms with Crippen molar-refractivity contribution in [2.75, 3.05) is 13.2 Å². The molecule has 0 atom stereocenters.